The Labute approximate surface area is 157 Å². The molecule has 1 aromatic heterocycles. The van der Waals surface area contributed by atoms with E-state index in [9.17, 15) is 4.79 Å². The molecule has 1 saturated heterocycles. The van der Waals surface area contributed by atoms with Gasteiger partial charge in [0.05, 0.1) is 17.1 Å². The van der Waals surface area contributed by atoms with E-state index in [1.165, 1.54) is 18.6 Å². The maximum absolute atomic E-state index is 12.4. The lowest BCUT2D eigenvalue weighted by molar-refractivity contribution is -0.122. The molecule has 1 amide bonds. The van der Waals surface area contributed by atoms with Crippen LogP contribution in [0.3, 0.4) is 0 Å². The summed E-state index contributed by atoms with van der Waals surface area (Å²) in [6.07, 6.45) is 5.28. The van der Waals surface area contributed by atoms with Crippen LogP contribution in [0.1, 0.15) is 57.8 Å². The first-order valence-corrected chi connectivity index (χ1v) is 11.5. The minimum Gasteiger partial charge on any atom is -0.346 e. The van der Waals surface area contributed by atoms with Crippen molar-refractivity contribution >= 4 is 38.5 Å². The average Bonchev–Trinajstić information content (AvgIpc) is 3.25. The number of nitrogens with one attached hydrogen (secondary N) is 2. The van der Waals surface area contributed by atoms with Gasteiger partial charge in [0.25, 0.3) is 0 Å². The quantitative estimate of drug-likeness (QED) is 0.497. The number of carbonyl (C=O) groups is 1. The molecule has 2 aromatic rings. The lowest BCUT2D eigenvalue weighted by Gasteiger charge is -2.20. The molecule has 2 atom stereocenters. The summed E-state index contributed by atoms with van der Waals surface area (Å²) in [5, 5.41) is 3.98. The molecule has 0 radical (unpaired) electrons. The lowest BCUT2D eigenvalue weighted by Crippen LogP contribution is -2.32. The SMILES string of the molecule is CC(C)C(NC(=O)CCCCC1CCSS1)c1nc2ccccc2[nH]1. The van der Waals surface area contributed by atoms with Gasteiger partial charge in [-0.15, -0.1) is 0 Å². The highest BCUT2D eigenvalue weighted by Crippen LogP contribution is 2.39. The zero-order valence-corrected chi connectivity index (χ0v) is 16.6. The topological polar surface area (TPSA) is 57.8 Å². The Kier molecular flexibility index (Phi) is 6.70. The van der Waals surface area contributed by atoms with Crippen LogP contribution in [-0.4, -0.2) is 26.9 Å². The monoisotopic (exact) mass is 377 g/mol. The second kappa shape index (κ2) is 8.99. The number of amides is 1. The van der Waals surface area contributed by atoms with E-state index >= 15 is 0 Å². The summed E-state index contributed by atoms with van der Waals surface area (Å²) in [7, 11) is 4.00. The molecule has 1 aliphatic heterocycles. The van der Waals surface area contributed by atoms with Crippen LogP contribution in [-0.2, 0) is 4.79 Å². The maximum atomic E-state index is 12.4. The molecule has 2 unspecified atom stereocenters. The van der Waals surface area contributed by atoms with E-state index in [1.54, 1.807) is 0 Å². The normalized spacial score (nSPS) is 18.8. The molecule has 1 aliphatic rings. The molecule has 0 saturated carbocycles. The van der Waals surface area contributed by atoms with Gasteiger partial charge < -0.3 is 10.3 Å². The number of nitrogens with zero attached hydrogens (tertiary/aromatic N) is 1. The van der Waals surface area contributed by atoms with Crippen LogP contribution in [0.2, 0.25) is 0 Å². The first-order valence-electron chi connectivity index (χ1n) is 9.16. The Bertz CT molecular complexity index is 662. The maximum Gasteiger partial charge on any atom is 0.220 e. The number of fused-ring (bicyclic) bond motifs is 1. The van der Waals surface area contributed by atoms with Gasteiger partial charge in [0.2, 0.25) is 5.91 Å². The number of imidazole rings is 1. The van der Waals surface area contributed by atoms with Gasteiger partial charge in [-0.3, -0.25) is 4.79 Å². The number of benzene rings is 1. The predicted octanol–water partition coefficient (Wildman–Crippen LogP) is 5.09. The van der Waals surface area contributed by atoms with E-state index in [0.29, 0.717) is 6.42 Å². The molecule has 2 N–H and O–H groups in total. The fourth-order valence-electron chi connectivity index (χ4n) is 3.14. The summed E-state index contributed by atoms with van der Waals surface area (Å²) < 4.78 is 0. The fraction of sp³-hybridized carbons (Fsp3) is 0.579. The van der Waals surface area contributed by atoms with Crippen molar-refractivity contribution in [3.63, 3.8) is 0 Å². The van der Waals surface area contributed by atoms with E-state index < -0.39 is 0 Å². The van der Waals surface area contributed by atoms with Gasteiger partial charge in [-0.05, 0) is 37.3 Å². The lowest BCUT2D eigenvalue weighted by atomic mass is 10.0. The molecular weight excluding hydrogens is 350 g/mol. The van der Waals surface area contributed by atoms with Gasteiger partial charge in [-0.2, -0.15) is 0 Å². The number of hydrogen-bond acceptors (Lipinski definition) is 4. The average molecular weight is 378 g/mol. The van der Waals surface area contributed by atoms with E-state index in [1.807, 2.05) is 45.9 Å². The van der Waals surface area contributed by atoms with Crippen LogP contribution in [0.5, 0.6) is 0 Å². The highest BCUT2D eigenvalue weighted by atomic mass is 33.1. The molecule has 0 aliphatic carbocycles. The van der Waals surface area contributed by atoms with Gasteiger partial charge in [0.1, 0.15) is 5.82 Å². The first kappa shape index (κ1) is 18.6. The third kappa shape index (κ3) is 5.17. The molecule has 4 nitrogen and oxygen atoms in total. The summed E-state index contributed by atoms with van der Waals surface area (Å²) in [6, 6.07) is 7.92. The third-order valence-corrected chi connectivity index (χ3v) is 7.60. The Balaban J connectivity index is 1.51. The molecule has 1 aromatic carbocycles. The highest BCUT2D eigenvalue weighted by molar-refractivity contribution is 8.77. The van der Waals surface area contributed by atoms with Gasteiger partial charge in [0.15, 0.2) is 0 Å². The minimum atomic E-state index is -0.0679. The Hall–Kier alpha value is -1.14. The van der Waals surface area contributed by atoms with Gasteiger partial charge in [0, 0.05) is 17.4 Å². The van der Waals surface area contributed by atoms with Crippen LogP contribution in [0.4, 0.5) is 0 Å². The number of carbonyl (C=O) groups excluding carboxylic acids is 1. The Morgan fingerprint density at radius 2 is 2.20 bits per heavy atom. The molecule has 25 heavy (non-hydrogen) atoms. The van der Waals surface area contributed by atoms with Gasteiger partial charge in [-0.25, -0.2) is 4.98 Å². The number of aromatic nitrogens is 2. The van der Waals surface area contributed by atoms with E-state index in [4.69, 9.17) is 0 Å². The van der Waals surface area contributed by atoms with Crippen LogP contribution in [0.15, 0.2) is 24.3 Å². The number of H-pyrrole nitrogens is 1. The van der Waals surface area contributed by atoms with E-state index in [-0.39, 0.29) is 17.9 Å². The van der Waals surface area contributed by atoms with E-state index in [0.717, 1.165) is 34.9 Å². The second-order valence-corrected chi connectivity index (χ2v) is 9.79. The van der Waals surface area contributed by atoms with Crippen LogP contribution < -0.4 is 5.32 Å². The molecule has 0 bridgehead atoms. The number of rotatable bonds is 8. The highest BCUT2D eigenvalue weighted by Gasteiger charge is 2.22. The molecule has 6 heteroatoms. The summed E-state index contributed by atoms with van der Waals surface area (Å²) in [6.45, 7) is 4.24. The largest absolute Gasteiger partial charge is 0.346 e. The molecular formula is C19H27N3OS2. The standard InChI is InChI=1S/C19H27N3OS2/c1-13(2)18(19-20-15-8-4-5-9-16(15)21-19)22-17(23)10-6-3-7-14-11-12-24-25-14/h4-5,8-9,13-14,18H,3,6-7,10-12H2,1-2H3,(H,20,21)(H,22,23). The second-order valence-electron chi connectivity index (χ2n) is 7.00. The van der Waals surface area contributed by atoms with Crippen LogP contribution in [0.25, 0.3) is 11.0 Å². The van der Waals surface area contributed by atoms with Crippen molar-refractivity contribution in [1.29, 1.82) is 0 Å². The number of aromatic amines is 1. The number of unbranched alkanes of at least 4 members (excludes halogenated alkanes) is 1. The van der Waals surface area contributed by atoms with Crippen molar-refractivity contribution in [3.8, 4) is 0 Å². The van der Waals surface area contributed by atoms with Crippen molar-refractivity contribution in [2.45, 2.75) is 57.2 Å². The fourth-order valence-corrected chi connectivity index (χ4v) is 6.17. The number of hydrogen-bond donors (Lipinski definition) is 2. The zero-order chi connectivity index (χ0) is 17.6. The first-order chi connectivity index (χ1) is 12.1. The molecule has 1 fully saturated rings. The van der Waals surface area contributed by atoms with Crippen molar-refractivity contribution in [2.75, 3.05) is 5.75 Å². The van der Waals surface area contributed by atoms with Crippen molar-refractivity contribution in [1.82, 2.24) is 15.3 Å². The third-order valence-electron chi connectivity index (χ3n) is 4.59. The van der Waals surface area contributed by atoms with Crippen molar-refractivity contribution < 1.29 is 4.79 Å². The molecule has 136 valence electrons. The van der Waals surface area contributed by atoms with Crippen LogP contribution >= 0.6 is 21.6 Å². The predicted molar refractivity (Wildman–Crippen MR) is 109 cm³/mol. The molecule has 2 heterocycles. The van der Waals surface area contributed by atoms with Gasteiger partial charge >= 0.3 is 0 Å². The van der Waals surface area contributed by atoms with Crippen molar-refractivity contribution in [2.24, 2.45) is 5.92 Å². The van der Waals surface area contributed by atoms with Crippen LogP contribution in [0, 0.1) is 5.92 Å². The summed E-state index contributed by atoms with van der Waals surface area (Å²) >= 11 is 0. The Morgan fingerprint density at radius 3 is 2.92 bits per heavy atom. The zero-order valence-electron chi connectivity index (χ0n) is 15.0. The summed E-state index contributed by atoms with van der Waals surface area (Å²) in [5.74, 6) is 2.55. The summed E-state index contributed by atoms with van der Waals surface area (Å²) in [5.41, 5.74) is 1.97. The minimum absolute atomic E-state index is 0.0679. The molecule has 0 spiro atoms. The Morgan fingerprint density at radius 1 is 1.36 bits per heavy atom. The summed E-state index contributed by atoms with van der Waals surface area (Å²) in [4.78, 5) is 20.4. The number of para-hydroxylation sites is 2. The van der Waals surface area contributed by atoms with E-state index in [2.05, 4.69) is 29.1 Å². The van der Waals surface area contributed by atoms with Crippen molar-refractivity contribution in [3.05, 3.63) is 30.1 Å². The van der Waals surface area contributed by atoms with Gasteiger partial charge in [-0.1, -0.05) is 54.0 Å². The molecule has 3 rings (SSSR count). The smallest absolute Gasteiger partial charge is 0.220 e.